The van der Waals surface area contributed by atoms with Crippen LogP contribution in [-0.2, 0) is 32.1 Å². The Morgan fingerprint density at radius 3 is 2.42 bits per heavy atom. The van der Waals surface area contributed by atoms with Crippen molar-refractivity contribution in [3.63, 3.8) is 0 Å². The van der Waals surface area contributed by atoms with E-state index in [1.165, 1.54) is 83.0 Å². The maximum absolute atomic E-state index is 4.37. The Morgan fingerprint density at radius 2 is 1.61 bits per heavy atom. The van der Waals surface area contributed by atoms with Crippen LogP contribution in [0.15, 0.2) is 61.2 Å². The van der Waals surface area contributed by atoms with Crippen molar-refractivity contribution in [3.05, 3.63) is 100 Å². The van der Waals surface area contributed by atoms with Crippen molar-refractivity contribution in [1.29, 1.82) is 0 Å². The fraction of sp³-hybridized carbons (Fsp3) is 0.355. The lowest BCUT2D eigenvalue weighted by Crippen LogP contribution is -2.09. The number of benzene rings is 3. The van der Waals surface area contributed by atoms with Crippen molar-refractivity contribution >= 4 is 5.57 Å². The minimum absolute atomic E-state index is 0.501. The molecule has 0 saturated heterocycles. The van der Waals surface area contributed by atoms with Crippen molar-refractivity contribution in [2.75, 3.05) is 0 Å². The lowest BCUT2D eigenvalue weighted by atomic mass is 9.82. The number of rotatable bonds is 5. The zero-order chi connectivity index (χ0) is 21.4. The van der Waals surface area contributed by atoms with E-state index in [0.717, 1.165) is 12.8 Å². The number of aryl methyl sites for hydroxylation is 3. The summed E-state index contributed by atoms with van der Waals surface area (Å²) in [7, 11) is 0. The zero-order valence-corrected chi connectivity index (χ0v) is 19.1. The second-order valence-electron chi connectivity index (χ2n) is 9.70. The highest BCUT2D eigenvalue weighted by Gasteiger charge is 2.26. The average Bonchev–Trinajstić information content (AvgIpc) is 3.17. The van der Waals surface area contributed by atoms with E-state index in [9.17, 15) is 0 Å². The minimum Gasteiger partial charge on any atom is -0.0955 e. The summed E-state index contributed by atoms with van der Waals surface area (Å²) in [5, 5.41) is 0. The molecule has 5 rings (SSSR count). The summed E-state index contributed by atoms with van der Waals surface area (Å²) in [6, 6.07) is 21.3. The van der Waals surface area contributed by atoms with Gasteiger partial charge in [0.05, 0.1) is 0 Å². The van der Waals surface area contributed by atoms with Crippen LogP contribution < -0.4 is 0 Å². The highest BCUT2D eigenvalue weighted by atomic mass is 14.3. The second-order valence-corrected chi connectivity index (χ2v) is 9.70. The third-order valence-electron chi connectivity index (χ3n) is 7.39. The summed E-state index contributed by atoms with van der Waals surface area (Å²) in [6.45, 7) is 8.83. The molecule has 2 aliphatic carbocycles. The first kappa shape index (κ1) is 20.3. The quantitative estimate of drug-likeness (QED) is 0.401. The van der Waals surface area contributed by atoms with Gasteiger partial charge in [0.1, 0.15) is 0 Å². The number of fused-ring (bicyclic) bond motifs is 4. The van der Waals surface area contributed by atoms with E-state index in [4.69, 9.17) is 0 Å². The van der Waals surface area contributed by atoms with Gasteiger partial charge in [-0.3, -0.25) is 0 Å². The number of hydrogen-bond acceptors (Lipinski definition) is 0. The normalized spacial score (nSPS) is 16.9. The van der Waals surface area contributed by atoms with Crippen LogP contribution in [0, 0.1) is 0 Å². The van der Waals surface area contributed by atoms with Crippen molar-refractivity contribution < 1.29 is 0 Å². The van der Waals surface area contributed by atoms with Gasteiger partial charge in [-0.25, -0.2) is 0 Å². The molecule has 0 saturated carbocycles. The van der Waals surface area contributed by atoms with Gasteiger partial charge >= 0.3 is 0 Å². The molecule has 3 aromatic carbocycles. The molecule has 2 aliphatic rings. The summed E-state index contributed by atoms with van der Waals surface area (Å²) in [5.41, 5.74) is 14.6. The second kappa shape index (κ2) is 8.50. The molecular formula is C31H34. The van der Waals surface area contributed by atoms with E-state index in [2.05, 4.69) is 75.0 Å². The highest BCUT2D eigenvalue weighted by Crippen LogP contribution is 2.41. The Morgan fingerprint density at radius 1 is 0.871 bits per heavy atom. The molecule has 1 atom stereocenters. The Labute approximate surface area is 188 Å². The van der Waals surface area contributed by atoms with Gasteiger partial charge in [0.25, 0.3) is 0 Å². The molecule has 0 spiro atoms. The van der Waals surface area contributed by atoms with Crippen molar-refractivity contribution in [3.8, 4) is 11.1 Å². The molecule has 3 aromatic rings. The molecule has 0 nitrogen and oxygen atoms in total. The molecule has 1 unspecified atom stereocenters. The Hall–Kier alpha value is -2.60. The largest absolute Gasteiger partial charge is 0.0955 e. The van der Waals surface area contributed by atoms with E-state index in [1.807, 2.05) is 0 Å². The maximum atomic E-state index is 4.37. The molecular weight excluding hydrogens is 372 g/mol. The number of allylic oxidation sites excluding steroid dienone is 1. The van der Waals surface area contributed by atoms with Crippen LogP contribution in [0.3, 0.4) is 0 Å². The molecule has 0 aliphatic heterocycles. The Bertz CT molecular complexity index is 1130. The standard InChI is InChI=1S/C31H34/c1-4-5-9-22-14-15-29-26(16-22)18-27(17-25-10-6-7-13-28(25)29)31-20-24-12-8-11-23(24)19-30(31)21(2)3/h6-7,10,13-16,19-20,27H,2,4-5,8-9,11-12,17-18H2,1,3H3. The van der Waals surface area contributed by atoms with Gasteiger partial charge in [-0.1, -0.05) is 80.1 Å². The molecule has 0 radical (unpaired) electrons. The summed E-state index contributed by atoms with van der Waals surface area (Å²) in [5.74, 6) is 0.501. The molecule has 0 heterocycles. The molecule has 31 heavy (non-hydrogen) atoms. The summed E-state index contributed by atoms with van der Waals surface area (Å²) in [6.07, 6.45) is 9.69. The van der Waals surface area contributed by atoms with Crippen LogP contribution >= 0.6 is 0 Å². The lowest BCUT2D eigenvalue weighted by Gasteiger charge is -2.22. The third-order valence-corrected chi connectivity index (χ3v) is 7.39. The minimum atomic E-state index is 0.501. The molecule has 0 heteroatoms. The van der Waals surface area contributed by atoms with Gasteiger partial charge in [-0.05, 0) is 108 Å². The first-order valence-corrected chi connectivity index (χ1v) is 12.2. The SMILES string of the molecule is C=C(C)c1cc2c(cc1C1Cc3ccccc3-c3ccc(CCCC)cc3C1)CCC2. The smallest absolute Gasteiger partial charge is 0.00745 e. The van der Waals surface area contributed by atoms with E-state index < -0.39 is 0 Å². The molecule has 0 N–H and O–H groups in total. The van der Waals surface area contributed by atoms with Crippen LogP contribution in [0.4, 0.5) is 0 Å². The van der Waals surface area contributed by atoms with Gasteiger partial charge in [0, 0.05) is 0 Å². The van der Waals surface area contributed by atoms with Crippen molar-refractivity contribution in [1.82, 2.24) is 0 Å². The third kappa shape index (κ3) is 3.89. The fourth-order valence-electron chi connectivity index (χ4n) is 5.75. The van der Waals surface area contributed by atoms with Gasteiger partial charge in [0.15, 0.2) is 0 Å². The Kier molecular flexibility index (Phi) is 5.57. The van der Waals surface area contributed by atoms with Crippen LogP contribution in [0.5, 0.6) is 0 Å². The zero-order valence-electron chi connectivity index (χ0n) is 19.1. The van der Waals surface area contributed by atoms with Gasteiger partial charge in [0.2, 0.25) is 0 Å². The lowest BCUT2D eigenvalue weighted by molar-refractivity contribution is 0.684. The van der Waals surface area contributed by atoms with Crippen LogP contribution in [0.1, 0.15) is 78.0 Å². The predicted octanol–water partition coefficient (Wildman–Crippen LogP) is 8.10. The molecule has 0 amide bonds. The van der Waals surface area contributed by atoms with Crippen molar-refractivity contribution in [2.24, 2.45) is 0 Å². The number of hydrogen-bond donors (Lipinski definition) is 0. The molecule has 0 fully saturated rings. The van der Waals surface area contributed by atoms with Crippen LogP contribution in [-0.4, -0.2) is 0 Å². The van der Waals surface area contributed by atoms with Gasteiger partial charge in [-0.15, -0.1) is 0 Å². The van der Waals surface area contributed by atoms with E-state index >= 15 is 0 Å². The van der Waals surface area contributed by atoms with Crippen LogP contribution in [0.25, 0.3) is 16.7 Å². The van der Waals surface area contributed by atoms with Gasteiger partial charge < -0.3 is 0 Å². The van der Waals surface area contributed by atoms with Crippen molar-refractivity contribution in [2.45, 2.75) is 71.1 Å². The predicted molar refractivity (Wildman–Crippen MR) is 134 cm³/mol. The highest BCUT2D eigenvalue weighted by molar-refractivity contribution is 5.74. The fourth-order valence-corrected chi connectivity index (χ4v) is 5.75. The number of unbranched alkanes of at least 4 members (excludes halogenated alkanes) is 1. The summed E-state index contributed by atoms with van der Waals surface area (Å²) in [4.78, 5) is 0. The van der Waals surface area contributed by atoms with Crippen LogP contribution in [0.2, 0.25) is 0 Å². The van der Waals surface area contributed by atoms with E-state index in [1.54, 1.807) is 11.1 Å². The maximum Gasteiger partial charge on any atom is -0.00745 e. The van der Waals surface area contributed by atoms with E-state index in [-0.39, 0.29) is 0 Å². The monoisotopic (exact) mass is 406 g/mol. The van der Waals surface area contributed by atoms with Gasteiger partial charge in [-0.2, -0.15) is 0 Å². The molecule has 0 aromatic heterocycles. The summed E-state index contributed by atoms with van der Waals surface area (Å²) < 4.78 is 0. The first-order chi connectivity index (χ1) is 15.1. The summed E-state index contributed by atoms with van der Waals surface area (Å²) >= 11 is 0. The molecule has 158 valence electrons. The average molecular weight is 407 g/mol. The Balaban J connectivity index is 1.63. The molecule has 0 bridgehead atoms. The van der Waals surface area contributed by atoms with E-state index in [0.29, 0.717) is 5.92 Å². The topological polar surface area (TPSA) is 0 Å². The first-order valence-electron chi connectivity index (χ1n) is 12.2.